The minimum atomic E-state index is -0.184. The Morgan fingerprint density at radius 2 is 1.68 bits per heavy atom. The van der Waals surface area contributed by atoms with Crippen LogP contribution in [0.25, 0.3) is 0 Å². The zero-order chi connectivity index (χ0) is 19.9. The van der Waals surface area contributed by atoms with Gasteiger partial charge in [0.15, 0.2) is 0 Å². The number of rotatable bonds is 7. The van der Waals surface area contributed by atoms with E-state index in [1.54, 1.807) is 38.5 Å². The van der Waals surface area contributed by atoms with E-state index >= 15 is 0 Å². The van der Waals surface area contributed by atoms with Gasteiger partial charge < -0.3 is 19.5 Å². The molecule has 0 saturated heterocycles. The fraction of sp³-hybridized carbons (Fsp3) is 0.174. The van der Waals surface area contributed by atoms with Gasteiger partial charge in [-0.2, -0.15) is 0 Å². The summed E-state index contributed by atoms with van der Waals surface area (Å²) < 4.78 is 16.5. The first-order chi connectivity index (χ1) is 13.6. The summed E-state index contributed by atoms with van der Waals surface area (Å²) in [6.45, 7) is 2.25. The van der Waals surface area contributed by atoms with Crippen LogP contribution in [0.2, 0.25) is 0 Å². The van der Waals surface area contributed by atoms with Crippen LogP contribution in [0.15, 0.2) is 66.7 Å². The molecule has 0 aliphatic carbocycles. The summed E-state index contributed by atoms with van der Waals surface area (Å²) in [5, 5.41) is 2.92. The largest absolute Gasteiger partial charge is 0.497 e. The minimum Gasteiger partial charge on any atom is -0.497 e. The highest BCUT2D eigenvalue weighted by Crippen LogP contribution is 2.25. The lowest BCUT2D eigenvalue weighted by molar-refractivity contribution is 0.102. The number of carbonyl (C=O) groups excluding carboxylic acids is 1. The molecule has 3 aromatic carbocycles. The third kappa shape index (κ3) is 4.82. The van der Waals surface area contributed by atoms with E-state index in [0.717, 1.165) is 22.6 Å². The molecule has 28 heavy (non-hydrogen) atoms. The van der Waals surface area contributed by atoms with Crippen LogP contribution in [0.1, 0.15) is 21.5 Å². The van der Waals surface area contributed by atoms with Crippen LogP contribution in [0.5, 0.6) is 17.2 Å². The van der Waals surface area contributed by atoms with Crippen molar-refractivity contribution in [2.75, 3.05) is 19.5 Å². The topological polar surface area (TPSA) is 56.8 Å². The number of benzene rings is 3. The van der Waals surface area contributed by atoms with Crippen molar-refractivity contribution >= 4 is 11.6 Å². The number of ether oxygens (including phenoxy) is 3. The highest BCUT2D eigenvalue weighted by Gasteiger charge is 2.12. The lowest BCUT2D eigenvalue weighted by Crippen LogP contribution is -2.13. The van der Waals surface area contributed by atoms with E-state index in [-0.39, 0.29) is 12.5 Å². The number of nitrogens with one attached hydrogen (secondary N) is 1. The summed E-state index contributed by atoms with van der Waals surface area (Å²) in [5.74, 6) is 1.87. The number of hydrogen-bond donors (Lipinski definition) is 1. The summed E-state index contributed by atoms with van der Waals surface area (Å²) in [6.07, 6.45) is 0. The smallest absolute Gasteiger partial charge is 0.255 e. The van der Waals surface area contributed by atoms with E-state index in [2.05, 4.69) is 5.32 Å². The Morgan fingerprint density at radius 3 is 2.43 bits per heavy atom. The van der Waals surface area contributed by atoms with E-state index in [4.69, 9.17) is 14.2 Å². The molecule has 3 rings (SSSR count). The molecule has 0 radical (unpaired) electrons. The van der Waals surface area contributed by atoms with E-state index in [1.165, 1.54) is 0 Å². The number of aryl methyl sites for hydroxylation is 1. The van der Waals surface area contributed by atoms with Crippen LogP contribution in [-0.2, 0) is 6.61 Å². The lowest BCUT2D eigenvalue weighted by atomic mass is 10.1. The number of methoxy groups -OCH3 is 2. The predicted octanol–water partition coefficient (Wildman–Crippen LogP) is 4.84. The Balaban J connectivity index is 1.76. The van der Waals surface area contributed by atoms with Gasteiger partial charge in [0.25, 0.3) is 5.91 Å². The highest BCUT2D eigenvalue weighted by atomic mass is 16.5. The molecule has 0 aliphatic rings. The molecule has 0 fully saturated rings. The molecule has 3 aromatic rings. The van der Waals surface area contributed by atoms with Crippen molar-refractivity contribution in [2.45, 2.75) is 13.5 Å². The molecule has 0 aliphatic heterocycles. The summed E-state index contributed by atoms with van der Waals surface area (Å²) in [6, 6.07) is 20.3. The Morgan fingerprint density at radius 1 is 0.893 bits per heavy atom. The Kier molecular flexibility index (Phi) is 6.17. The van der Waals surface area contributed by atoms with Crippen molar-refractivity contribution in [1.29, 1.82) is 0 Å². The monoisotopic (exact) mass is 377 g/mol. The third-order valence-electron chi connectivity index (χ3n) is 4.25. The van der Waals surface area contributed by atoms with Gasteiger partial charge >= 0.3 is 0 Å². The van der Waals surface area contributed by atoms with Gasteiger partial charge in [0.2, 0.25) is 0 Å². The normalized spacial score (nSPS) is 10.2. The first-order valence-electron chi connectivity index (χ1n) is 8.91. The molecular formula is C23H23NO4. The minimum absolute atomic E-state index is 0.184. The van der Waals surface area contributed by atoms with Crippen molar-refractivity contribution in [2.24, 2.45) is 0 Å². The maximum atomic E-state index is 12.6. The molecule has 0 aromatic heterocycles. The zero-order valence-electron chi connectivity index (χ0n) is 16.2. The third-order valence-corrected chi connectivity index (χ3v) is 4.25. The number of carbonyl (C=O) groups is 1. The van der Waals surface area contributed by atoms with E-state index in [9.17, 15) is 4.79 Å². The van der Waals surface area contributed by atoms with Crippen molar-refractivity contribution < 1.29 is 19.0 Å². The van der Waals surface area contributed by atoms with Crippen LogP contribution < -0.4 is 19.5 Å². The molecule has 0 atom stereocenters. The second-order valence-corrected chi connectivity index (χ2v) is 6.32. The Bertz CT molecular complexity index is 968. The fourth-order valence-corrected chi connectivity index (χ4v) is 2.81. The first-order valence-corrected chi connectivity index (χ1v) is 8.91. The van der Waals surface area contributed by atoms with Gasteiger partial charge in [0.05, 0.1) is 14.2 Å². The molecule has 0 saturated carbocycles. The van der Waals surface area contributed by atoms with Gasteiger partial charge in [-0.25, -0.2) is 0 Å². The fourth-order valence-electron chi connectivity index (χ4n) is 2.81. The van der Waals surface area contributed by atoms with E-state index in [0.29, 0.717) is 17.1 Å². The molecule has 5 heteroatoms. The number of hydrogen-bond acceptors (Lipinski definition) is 4. The quantitative estimate of drug-likeness (QED) is 0.640. The number of anilines is 1. The number of amides is 1. The van der Waals surface area contributed by atoms with Crippen LogP contribution >= 0.6 is 0 Å². The van der Waals surface area contributed by atoms with Crippen LogP contribution in [0.4, 0.5) is 5.69 Å². The van der Waals surface area contributed by atoms with E-state index < -0.39 is 0 Å². The Hall–Kier alpha value is -3.47. The Labute approximate surface area is 164 Å². The summed E-state index contributed by atoms with van der Waals surface area (Å²) in [5.41, 5.74) is 3.16. The summed E-state index contributed by atoms with van der Waals surface area (Å²) in [4.78, 5) is 12.6. The summed E-state index contributed by atoms with van der Waals surface area (Å²) in [7, 11) is 3.20. The van der Waals surface area contributed by atoms with Crippen molar-refractivity contribution in [3.8, 4) is 17.2 Å². The van der Waals surface area contributed by atoms with Crippen LogP contribution in [0.3, 0.4) is 0 Å². The lowest BCUT2D eigenvalue weighted by Gasteiger charge is -2.13. The van der Waals surface area contributed by atoms with Crippen molar-refractivity contribution in [1.82, 2.24) is 0 Å². The molecule has 1 N–H and O–H groups in total. The van der Waals surface area contributed by atoms with Crippen molar-refractivity contribution in [3.05, 3.63) is 83.4 Å². The molecular weight excluding hydrogens is 354 g/mol. The van der Waals surface area contributed by atoms with Crippen LogP contribution in [-0.4, -0.2) is 20.1 Å². The van der Waals surface area contributed by atoms with Gasteiger partial charge in [-0.1, -0.05) is 18.2 Å². The maximum Gasteiger partial charge on any atom is 0.255 e. The van der Waals surface area contributed by atoms with Gasteiger partial charge in [-0.3, -0.25) is 4.79 Å². The molecule has 0 heterocycles. The van der Waals surface area contributed by atoms with E-state index in [1.807, 2.05) is 49.4 Å². The van der Waals surface area contributed by atoms with Crippen LogP contribution in [0, 0.1) is 6.92 Å². The second kappa shape index (κ2) is 8.95. The summed E-state index contributed by atoms with van der Waals surface area (Å²) >= 11 is 0. The SMILES string of the molecule is COc1cccc(OCc2cc(C(=O)Nc3cccc(C)c3)ccc2OC)c1. The molecule has 5 nitrogen and oxygen atoms in total. The van der Waals surface area contributed by atoms with Gasteiger partial charge in [0, 0.05) is 22.9 Å². The molecule has 0 unspecified atom stereocenters. The van der Waals surface area contributed by atoms with Crippen molar-refractivity contribution in [3.63, 3.8) is 0 Å². The zero-order valence-corrected chi connectivity index (χ0v) is 16.2. The molecule has 0 bridgehead atoms. The van der Waals surface area contributed by atoms with Gasteiger partial charge in [-0.05, 0) is 55.0 Å². The molecule has 1 amide bonds. The second-order valence-electron chi connectivity index (χ2n) is 6.32. The molecule has 144 valence electrons. The average molecular weight is 377 g/mol. The first kappa shape index (κ1) is 19.3. The average Bonchev–Trinajstić information content (AvgIpc) is 2.72. The van der Waals surface area contributed by atoms with Gasteiger partial charge in [0.1, 0.15) is 23.9 Å². The van der Waals surface area contributed by atoms with Gasteiger partial charge in [-0.15, -0.1) is 0 Å². The highest BCUT2D eigenvalue weighted by molar-refractivity contribution is 6.04. The molecule has 0 spiro atoms. The standard InChI is InChI=1S/C23H23NO4/c1-16-6-4-7-19(12-16)24-23(25)17-10-11-22(27-3)18(13-17)15-28-21-9-5-8-20(14-21)26-2/h4-14H,15H2,1-3H3,(H,24,25). The maximum absolute atomic E-state index is 12.6. The predicted molar refractivity (Wildman–Crippen MR) is 109 cm³/mol.